The van der Waals surface area contributed by atoms with E-state index in [0.29, 0.717) is 25.4 Å². The fourth-order valence-electron chi connectivity index (χ4n) is 2.53. The van der Waals surface area contributed by atoms with Crippen LogP contribution in [0.1, 0.15) is 16.8 Å². The van der Waals surface area contributed by atoms with Crippen molar-refractivity contribution in [2.24, 2.45) is 0 Å². The molecule has 1 saturated heterocycles. The summed E-state index contributed by atoms with van der Waals surface area (Å²) >= 11 is 0. The number of hydrogen-bond acceptors (Lipinski definition) is 5. The standard InChI is InChI=1S/C16H14F3N3O3/c17-16(18,19)25-12-3-1-2-11(8-12)15(23)22-7-4-13(10-22)24-14-9-20-5-6-21-14/h1-3,5-6,8-9,13H,4,7,10H2. The minimum atomic E-state index is -4.80. The van der Waals surface area contributed by atoms with E-state index in [2.05, 4.69) is 14.7 Å². The van der Waals surface area contributed by atoms with Crippen LogP contribution in [0.25, 0.3) is 0 Å². The van der Waals surface area contributed by atoms with Crippen molar-refractivity contribution in [1.82, 2.24) is 14.9 Å². The average molecular weight is 353 g/mol. The van der Waals surface area contributed by atoms with Crippen LogP contribution in [0.3, 0.4) is 0 Å². The third-order valence-corrected chi connectivity index (χ3v) is 3.57. The van der Waals surface area contributed by atoms with E-state index in [1.807, 2.05) is 0 Å². The molecular weight excluding hydrogens is 339 g/mol. The first kappa shape index (κ1) is 17.0. The van der Waals surface area contributed by atoms with E-state index in [1.54, 1.807) is 0 Å². The quantitative estimate of drug-likeness (QED) is 0.846. The Kier molecular flexibility index (Phi) is 4.73. The molecule has 0 bridgehead atoms. The molecule has 1 aliphatic heterocycles. The number of alkyl halides is 3. The number of amides is 1. The zero-order chi connectivity index (χ0) is 17.9. The first-order valence-corrected chi connectivity index (χ1v) is 7.48. The molecule has 9 heteroatoms. The molecule has 0 N–H and O–H groups in total. The molecule has 1 aromatic carbocycles. The molecule has 2 heterocycles. The Bertz CT molecular complexity index is 740. The molecular formula is C16H14F3N3O3. The second kappa shape index (κ2) is 6.96. The molecule has 1 fully saturated rings. The summed E-state index contributed by atoms with van der Waals surface area (Å²) in [5, 5.41) is 0. The highest BCUT2D eigenvalue weighted by atomic mass is 19.4. The Morgan fingerprint density at radius 1 is 1.28 bits per heavy atom. The van der Waals surface area contributed by atoms with Gasteiger partial charge in [0.05, 0.1) is 12.7 Å². The van der Waals surface area contributed by atoms with E-state index >= 15 is 0 Å². The van der Waals surface area contributed by atoms with Gasteiger partial charge in [-0.25, -0.2) is 4.98 Å². The fourth-order valence-corrected chi connectivity index (χ4v) is 2.53. The van der Waals surface area contributed by atoms with Crippen LogP contribution in [-0.2, 0) is 0 Å². The maximum absolute atomic E-state index is 12.5. The molecule has 0 aliphatic carbocycles. The smallest absolute Gasteiger partial charge is 0.471 e. The van der Waals surface area contributed by atoms with Gasteiger partial charge in [-0.05, 0) is 18.2 Å². The highest BCUT2D eigenvalue weighted by molar-refractivity contribution is 5.94. The van der Waals surface area contributed by atoms with E-state index in [4.69, 9.17) is 4.74 Å². The van der Waals surface area contributed by atoms with Crippen LogP contribution in [0, 0.1) is 0 Å². The molecule has 1 atom stereocenters. The summed E-state index contributed by atoms with van der Waals surface area (Å²) in [4.78, 5) is 21.9. The van der Waals surface area contributed by atoms with Crippen LogP contribution in [0.5, 0.6) is 11.6 Å². The van der Waals surface area contributed by atoms with Crippen molar-refractivity contribution in [3.8, 4) is 11.6 Å². The second-order valence-electron chi connectivity index (χ2n) is 5.40. The van der Waals surface area contributed by atoms with Crippen LogP contribution >= 0.6 is 0 Å². The van der Waals surface area contributed by atoms with Gasteiger partial charge in [0.1, 0.15) is 11.9 Å². The minimum Gasteiger partial charge on any atom is -0.471 e. The van der Waals surface area contributed by atoms with Gasteiger partial charge in [0.2, 0.25) is 5.88 Å². The average Bonchev–Trinajstić information content (AvgIpc) is 3.02. The van der Waals surface area contributed by atoms with Crippen molar-refractivity contribution in [3.05, 3.63) is 48.4 Å². The summed E-state index contributed by atoms with van der Waals surface area (Å²) in [6.07, 6.45) is 0.0523. The number of benzene rings is 1. The van der Waals surface area contributed by atoms with Crippen molar-refractivity contribution >= 4 is 5.91 Å². The summed E-state index contributed by atoms with van der Waals surface area (Å²) in [7, 11) is 0. The number of halogens is 3. The van der Waals surface area contributed by atoms with Crippen LogP contribution in [0.15, 0.2) is 42.9 Å². The summed E-state index contributed by atoms with van der Waals surface area (Å²) in [6.45, 7) is 0.758. The van der Waals surface area contributed by atoms with Gasteiger partial charge in [-0.15, -0.1) is 13.2 Å². The third kappa shape index (κ3) is 4.59. The summed E-state index contributed by atoms with van der Waals surface area (Å²) < 4.78 is 46.3. The van der Waals surface area contributed by atoms with Crippen molar-refractivity contribution in [2.75, 3.05) is 13.1 Å². The lowest BCUT2D eigenvalue weighted by Gasteiger charge is -2.17. The predicted octanol–water partition coefficient (Wildman–Crippen LogP) is 2.67. The first-order valence-electron chi connectivity index (χ1n) is 7.48. The van der Waals surface area contributed by atoms with Crippen LogP contribution in [0.2, 0.25) is 0 Å². The predicted molar refractivity (Wildman–Crippen MR) is 80.1 cm³/mol. The topological polar surface area (TPSA) is 64.5 Å². The van der Waals surface area contributed by atoms with Gasteiger partial charge in [-0.3, -0.25) is 9.78 Å². The van der Waals surface area contributed by atoms with Crippen molar-refractivity contribution < 1.29 is 27.4 Å². The number of likely N-dealkylation sites (tertiary alicyclic amines) is 1. The molecule has 0 saturated carbocycles. The summed E-state index contributed by atoms with van der Waals surface area (Å²) in [6, 6.07) is 5.02. The van der Waals surface area contributed by atoms with Gasteiger partial charge in [0.15, 0.2) is 0 Å². The number of ether oxygens (including phenoxy) is 2. The zero-order valence-electron chi connectivity index (χ0n) is 12.9. The lowest BCUT2D eigenvalue weighted by Crippen LogP contribution is -2.31. The maximum atomic E-state index is 12.5. The molecule has 25 heavy (non-hydrogen) atoms. The number of nitrogens with zero attached hydrogens (tertiary/aromatic N) is 3. The Balaban J connectivity index is 1.63. The number of carbonyl (C=O) groups excluding carboxylic acids is 1. The van der Waals surface area contributed by atoms with Crippen molar-refractivity contribution in [3.63, 3.8) is 0 Å². The van der Waals surface area contributed by atoms with E-state index in [-0.39, 0.29) is 17.6 Å². The molecule has 0 spiro atoms. The van der Waals surface area contributed by atoms with Gasteiger partial charge in [0.25, 0.3) is 5.91 Å². The zero-order valence-corrected chi connectivity index (χ0v) is 12.9. The Hall–Kier alpha value is -2.84. The summed E-state index contributed by atoms with van der Waals surface area (Å²) in [5.74, 6) is -0.440. The van der Waals surface area contributed by atoms with Crippen LogP contribution < -0.4 is 9.47 Å². The number of carbonyl (C=O) groups is 1. The molecule has 1 unspecified atom stereocenters. The Labute approximate surface area is 141 Å². The van der Waals surface area contributed by atoms with Gasteiger partial charge in [0, 0.05) is 30.9 Å². The van der Waals surface area contributed by atoms with Gasteiger partial charge in [-0.1, -0.05) is 6.07 Å². The highest BCUT2D eigenvalue weighted by Crippen LogP contribution is 2.25. The molecule has 6 nitrogen and oxygen atoms in total. The fraction of sp³-hybridized carbons (Fsp3) is 0.312. The van der Waals surface area contributed by atoms with Gasteiger partial charge in [-0.2, -0.15) is 0 Å². The van der Waals surface area contributed by atoms with Crippen molar-refractivity contribution in [1.29, 1.82) is 0 Å². The van der Waals surface area contributed by atoms with E-state index in [9.17, 15) is 18.0 Å². The molecule has 1 amide bonds. The van der Waals surface area contributed by atoms with Gasteiger partial charge < -0.3 is 14.4 Å². The van der Waals surface area contributed by atoms with Crippen molar-refractivity contribution in [2.45, 2.75) is 18.9 Å². The third-order valence-electron chi connectivity index (χ3n) is 3.57. The lowest BCUT2D eigenvalue weighted by atomic mass is 10.2. The number of hydrogen-bond donors (Lipinski definition) is 0. The number of rotatable bonds is 4. The van der Waals surface area contributed by atoms with E-state index in [0.717, 1.165) is 12.1 Å². The van der Waals surface area contributed by atoms with Crippen LogP contribution in [0.4, 0.5) is 13.2 Å². The first-order chi connectivity index (χ1) is 11.9. The molecule has 3 rings (SSSR count). The second-order valence-corrected chi connectivity index (χ2v) is 5.40. The van der Waals surface area contributed by atoms with E-state index in [1.165, 1.54) is 35.6 Å². The Morgan fingerprint density at radius 2 is 2.12 bits per heavy atom. The van der Waals surface area contributed by atoms with E-state index < -0.39 is 12.1 Å². The highest BCUT2D eigenvalue weighted by Gasteiger charge is 2.32. The molecule has 0 radical (unpaired) electrons. The normalized spacial score (nSPS) is 17.4. The maximum Gasteiger partial charge on any atom is 0.573 e. The molecule has 1 aromatic heterocycles. The lowest BCUT2D eigenvalue weighted by molar-refractivity contribution is -0.274. The molecule has 1 aliphatic rings. The number of aromatic nitrogens is 2. The Morgan fingerprint density at radius 3 is 2.84 bits per heavy atom. The molecule has 2 aromatic rings. The summed E-state index contributed by atoms with van der Waals surface area (Å²) in [5.41, 5.74) is 0.127. The monoisotopic (exact) mass is 353 g/mol. The van der Waals surface area contributed by atoms with Crippen LogP contribution in [-0.4, -0.2) is 46.3 Å². The SMILES string of the molecule is O=C(c1cccc(OC(F)(F)F)c1)N1CCC(Oc2cnccn2)C1. The minimum absolute atomic E-state index is 0.127. The van der Waals surface area contributed by atoms with Gasteiger partial charge >= 0.3 is 6.36 Å². The largest absolute Gasteiger partial charge is 0.573 e. The molecule has 132 valence electrons.